The Morgan fingerprint density at radius 2 is 1.80 bits per heavy atom. The Kier molecular flexibility index (Phi) is 3.16. The minimum atomic E-state index is -0.144. The molecule has 20 heavy (non-hydrogen) atoms. The molecule has 0 bridgehead atoms. The fraction of sp³-hybridized carbons (Fsp3) is 0.133. The lowest BCUT2D eigenvalue weighted by molar-refractivity contribution is 0.647. The van der Waals surface area contributed by atoms with Gasteiger partial charge in [-0.3, -0.25) is 9.55 Å². The van der Waals surface area contributed by atoms with Crippen molar-refractivity contribution in [2.24, 2.45) is 7.05 Å². The molecular weight excluding hydrogens is 252 g/mol. The first kappa shape index (κ1) is 12.3. The summed E-state index contributed by atoms with van der Waals surface area (Å²) < 4.78 is 2.98. The summed E-state index contributed by atoms with van der Waals surface area (Å²) >= 11 is 0. The van der Waals surface area contributed by atoms with Crippen molar-refractivity contribution in [2.45, 2.75) is 6.54 Å². The van der Waals surface area contributed by atoms with Crippen molar-refractivity contribution in [3.63, 3.8) is 0 Å². The van der Waals surface area contributed by atoms with Crippen LogP contribution in [0, 0.1) is 0 Å². The highest BCUT2D eigenvalue weighted by atomic mass is 16.2. The van der Waals surface area contributed by atoms with E-state index in [0.29, 0.717) is 18.1 Å². The van der Waals surface area contributed by atoms with Crippen molar-refractivity contribution < 1.29 is 0 Å². The Labute approximate surface area is 116 Å². The Hall–Kier alpha value is -2.69. The van der Waals surface area contributed by atoms with Crippen molar-refractivity contribution >= 4 is 0 Å². The molecule has 0 radical (unpaired) electrons. The quantitative estimate of drug-likeness (QED) is 0.725. The smallest absolute Gasteiger partial charge is 0.277 e. The lowest BCUT2D eigenvalue weighted by Gasteiger charge is -1.99. The van der Waals surface area contributed by atoms with Crippen LogP contribution in [0.3, 0.4) is 0 Å². The molecule has 0 spiro atoms. The zero-order valence-electron chi connectivity index (χ0n) is 11.1. The fourth-order valence-electron chi connectivity index (χ4n) is 2.07. The van der Waals surface area contributed by atoms with Gasteiger partial charge in [-0.2, -0.15) is 0 Å². The van der Waals surface area contributed by atoms with Crippen molar-refractivity contribution in [1.82, 2.24) is 19.3 Å². The third kappa shape index (κ3) is 2.25. The maximum atomic E-state index is 12.2. The van der Waals surface area contributed by atoms with Crippen LogP contribution in [0.2, 0.25) is 0 Å². The summed E-state index contributed by atoms with van der Waals surface area (Å²) in [5.41, 5.74) is 1.59. The minimum absolute atomic E-state index is 0.144. The molecule has 5 nitrogen and oxygen atoms in total. The van der Waals surface area contributed by atoms with Gasteiger partial charge in [-0.1, -0.05) is 36.4 Å². The fourth-order valence-corrected chi connectivity index (χ4v) is 2.07. The van der Waals surface area contributed by atoms with Gasteiger partial charge in [-0.25, -0.2) is 9.48 Å². The molecule has 100 valence electrons. The Balaban J connectivity index is 2.01. The standard InChI is InChI=1S/C15H14N4O/c1-18-14(13-9-5-6-10-16-13)17-19(15(18)20)11-12-7-3-2-4-8-12/h2-10H,11H2,1H3. The zero-order valence-corrected chi connectivity index (χ0v) is 11.1. The van der Waals surface area contributed by atoms with Gasteiger partial charge in [0.25, 0.3) is 0 Å². The van der Waals surface area contributed by atoms with Crippen LogP contribution < -0.4 is 5.69 Å². The second-order valence-corrected chi connectivity index (χ2v) is 4.52. The summed E-state index contributed by atoms with van der Waals surface area (Å²) in [5.74, 6) is 0.575. The molecule has 2 aromatic heterocycles. The summed E-state index contributed by atoms with van der Waals surface area (Å²) in [7, 11) is 1.71. The van der Waals surface area contributed by atoms with Gasteiger partial charge >= 0.3 is 5.69 Å². The van der Waals surface area contributed by atoms with Crippen molar-refractivity contribution in [3.05, 3.63) is 70.8 Å². The van der Waals surface area contributed by atoms with E-state index < -0.39 is 0 Å². The highest BCUT2D eigenvalue weighted by Crippen LogP contribution is 2.11. The minimum Gasteiger partial charge on any atom is -0.277 e. The van der Waals surface area contributed by atoms with Gasteiger partial charge in [-0.15, -0.1) is 5.10 Å². The number of nitrogens with zero attached hydrogens (tertiary/aromatic N) is 4. The highest BCUT2D eigenvalue weighted by molar-refractivity contribution is 5.48. The molecule has 0 N–H and O–H groups in total. The molecule has 0 unspecified atom stereocenters. The molecule has 0 amide bonds. The van der Waals surface area contributed by atoms with E-state index in [0.717, 1.165) is 5.56 Å². The van der Waals surface area contributed by atoms with Crippen molar-refractivity contribution in [1.29, 1.82) is 0 Å². The van der Waals surface area contributed by atoms with Gasteiger partial charge in [0.05, 0.1) is 6.54 Å². The molecule has 3 aromatic rings. The second-order valence-electron chi connectivity index (χ2n) is 4.52. The van der Waals surface area contributed by atoms with Crippen LogP contribution in [0.1, 0.15) is 5.56 Å². The topological polar surface area (TPSA) is 52.7 Å². The summed E-state index contributed by atoms with van der Waals surface area (Å²) in [6.45, 7) is 0.459. The Morgan fingerprint density at radius 1 is 1.05 bits per heavy atom. The third-order valence-electron chi connectivity index (χ3n) is 3.11. The molecule has 0 aliphatic heterocycles. The molecular formula is C15H14N4O. The lowest BCUT2D eigenvalue weighted by Crippen LogP contribution is -2.23. The summed E-state index contributed by atoms with van der Waals surface area (Å²) in [6.07, 6.45) is 1.69. The highest BCUT2D eigenvalue weighted by Gasteiger charge is 2.12. The molecule has 0 aliphatic carbocycles. The molecule has 2 heterocycles. The molecule has 0 saturated carbocycles. The van der Waals surface area contributed by atoms with Crippen LogP contribution in [-0.4, -0.2) is 19.3 Å². The lowest BCUT2D eigenvalue weighted by atomic mass is 10.2. The summed E-state index contributed by atoms with van der Waals surface area (Å²) in [6, 6.07) is 15.3. The van der Waals surface area contributed by atoms with Crippen LogP contribution in [0.15, 0.2) is 59.5 Å². The predicted octanol–water partition coefficient (Wildman–Crippen LogP) is 1.69. The molecule has 0 aliphatic rings. The largest absolute Gasteiger partial charge is 0.346 e. The maximum Gasteiger partial charge on any atom is 0.346 e. The first-order chi connectivity index (χ1) is 9.75. The van der Waals surface area contributed by atoms with Crippen LogP contribution >= 0.6 is 0 Å². The van der Waals surface area contributed by atoms with E-state index in [1.165, 1.54) is 9.25 Å². The average Bonchev–Trinajstić information content (AvgIpc) is 2.78. The van der Waals surface area contributed by atoms with Crippen LogP contribution in [0.25, 0.3) is 11.5 Å². The van der Waals surface area contributed by atoms with E-state index in [-0.39, 0.29) is 5.69 Å². The van der Waals surface area contributed by atoms with Crippen LogP contribution in [0.4, 0.5) is 0 Å². The first-order valence-electron chi connectivity index (χ1n) is 6.35. The molecule has 0 fully saturated rings. The van der Waals surface area contributed by atoms with E-state index in [2.05, 4.69) is 10.1 Å². The molecule has 5 heteroatoms. The number of benzene rings is 1. The molecule has 3 rings (SSSR count). The van der Waals surface area contributed by atoms with Gasteiger partial charge in [0.2, 0.25) is 0 Å². The van der Waals surface area contributed by atoms with E-state index in [1.54, 1.807) is 13.2 Å². The van der Waals surface area contributed by atoms with E-state index in [1.807, 2.05) is 48.5 Å². The number of hydrogen-bond acceptors (Lipinski definition) is 3. The SMILES string of the molecule is Cn1c(-c2ccccn2)nn(Cc2ccccc2)c1=O. The zero-order chi connectivity index (χ0) is 13.9. The normalized spacial score (nSPS) is 10.7. The molecule has 0 saturated heterocycles. The number of aromatic nitrogens is 4. The van der Waals surface area contributed by atoms with E-state index >= 15 is 0 Å². The van der Waals surface area contributed by atoms with Gasteiger partial charge in [-0.05, 0) is 17.7 Å². The van der Waals surface area contributed by atoms with Crippen molar-refractivity contribution in [3.8, 4) is 11.5 Å². The Bertz CT molecular complexity index is 760. The van der Waals surface area contributed by atoms with Crippen molar-refractivity contribution in [2.75, 3.05) is 0 Å². The van der Waals surface area contributed by atoms with Gasteiger partial charge in [0.15, 0.2) is 5.82 Å². The Morgan fingerprint density at radius 3 is 2.50 bits per heavy atom. The van der Waals surface area contributed by atoms with Gasteiger partial charge in [0.1, 0.15) is 5.69 Å². The molecule has 1 aromatic carbocycles. The summed E-state index contributed by atoms with van der Waals surface area (Å²) in [4.78, 5) is 16.4. The third-order valence-corrected chi connectivity index (χ3v) is 3.11. The number of rotatable bonds is 3. The van der Waals surface area contributed by atoms with Crippen LogP contribution in [-0.2, 0) is 13.6 Å². The predicted molar refractivity (Wildman–Crippen MR) is 76.2 cm³/mol. The number of hydrogen-bond donors (Lipinski definition) is 0. The number of pyridine rings is 1. The monoisotopic (exact) mass is 266 g/mol. The van der Waals surface area contributed by atoms with E-state index in [9.17, 15) is 4.79 Å². The summed E-state index contributed by atoms with van der Waals surface area (Å²) in [5, 5.41) is 4.38. The van der Waals surface area contributed by atoms with Gasteiger partial charge < -0.3 is 0 Å². The average molecular weight is 266 g/mol. The van der Waals surface area contributed by atoms with Crippen LogP contribution in [0.5, 0.6) is 0 Å². The maximum absolute atomic E-state index is 12.2. The first-order valence-corrected chi connectivity index (χ1v) is 6.35. The molecule has 0 atom stereocenters. The second kappa shape index (κ2) is 5.13. The van der Waals surface area contributed by atoms with Gasteiger partial charge in [0, 0.05) is 13.2 Å². The van der Waals surface area contributed by atoms with E-state index in [4.69, 9.17) is 0 Å².